The minimum absolute atomic E-state index is 0.0591. The van der Waals surface area contributed by atoms with Crippen molar-refractivity contribution in [2.45, 2.75) is 25.8 Å². The maximum atomic E-state index is 12.4. The molecule has 0 unspecified atom stereocenters. The number of carbonyl (C=O) groups is 2. The molecule has 1 saturated heterocycles. The van der Waals surface area contributed by atoms with E-state index in [-0.39, 0.29) is 11.8 Å². The van der Waals surface area contributed by atoms with Crippen LogP contribution in [0.15, 0.2) is 36.7 Å². The number of aromatic nitrogens is 2. The van der Waals surface area contributed by atoms with Gasteiger partial charge >= 0.3 is 0 Å². The zero-order valence-electron chi connectivity index (χ0n) is 14.1. The smallest absolute Gasteiger partial charge is 0.227 e. The van der Waals surface area contributed by atoms with Crippen molar-refractivity contribution in [2.24, 2.45) is 7.05 Å². The number of anilines is 1. The summed E-state index contributed by atoms with van der Waals surface area (Å²) < 4.78 is 1.73. The SMILES string of the molecule is CN(Cc1cnn(C)c1)C(=O)Cc1ccc(N2CCCC2=O)cc1. The summed E-state index contributed by atoms with van der Waals surface area (Å²) in [4.78, 5) is 27.6. The maximum Gasteiger partial charge on any atom is 0.227 e. The molecule has 0 radical (unpaired) electrons. The first kappa shape index (κ1) is 16.2. The van der Waals surface area contributed by atoms with Crippen molar-refractivity contribution in [3.63, 3.8) is 0 Å². The van der Waals surface area contributed by atoms with Crippen LogP contribution in [0.2, 0.25) is 0 Å². The molecule has 1 aliphatic rings. The van der Waals surface area contributed by atoms with Gasteiger partial charge in [-0.05, 0) is 24.1 Å². The van der Waals surface area contributed by atoms with Gasteiger partial charge in [-0.2, -0.15) is 5.10 Å². The maximum absolute atomic E-state index is 12.4. The lowest BCUT2D eigenvalue weighted by Gasteiger charge is -2.18. The highest BCUT2D eigenvalue weighted by Crippen LogP contribution is 2.21. The average Bonchev–Trinajstić information content (AvgIpc) is 3.16. The number of nitrogens with zero attached hydrogens (tertiary/aromatic N) is 4. The Morgan fingerprint density at radius 2 is 2.00 bits per heavy atom. The minimum Gasteiger partial charge on any atom is -0.341 e. The van der Waals surface area contributed by atoms with Gasteiger partial charge in [0, 0.05) is 51.1 Å². The molecule has 3 rings (SSSR count). The molecular weight excluding hydrogens is 304 g/mol. The van der Waals surface area contributed by atoms with E-state index >= 15 is 0 Å². The van der Waals surface area contributed by atoms with Gasteiger partial charge < -0.3 is 9.80 Å². The van der Waals surface area contributed by atoms with Gasteiger partial charge in [0.15, 0.2) is 0 Å². The Balaban J connectivity index is 1.58. The summed E-state index contributed by atoms with van der Waals surface area (Å²) in [5.74, 6) is 0.235. The quantitative estimate of drug-likeness (QED) is 0.841. The number of carbonyl (C=O) groups excluding carboxylic acids is 2. The minimum atomic E-state index is 0.0591. The molecule has 0 spiro atoms. The van der Waals surface area contributed by atoms with Crippen LogP contribution in [-0.4, -0.2) is 40.1 Å². The summed E-state index contributed by atoms with van der Waals surface area (Å²) in [5, 5.41) is 4.11. The van der Waals surface area contributed by atoms with Gasteiger partial charge in [-0.15, -0.1) is 0 Å². The third kappa shape index (κ3) is 3.64. The third-order valence-corrected chi connectivity index (χ3v) is 4.28. The standard InChI is InChI=1S/C18H22N4O2/c1-20(12-15-11-19-21(2)13-15)18(24)10-14-5-7-16(8-6-14)22-9-3-4-17(22)23/h5-8,11,13H,3-4,9-10,12H2,1-2H3. The molecule has 6 nitrogen and oxygen atoms in total. The van der Waals surface area contributed by atoms with E-state index in [1.165, 1.54) is 0 Å². The van der Waals surface area contributed by atoms with Crippen LogP contribution in [0, 0.1) is 0 Å². The van der Waals surface area contributed by atoms with Crippen molar-refractivity contribution in [2.75, 3.05) is 18.5 Å². The monoisotopic (exact) mass is 326 g/mol. The van der Waals surface area contributed by atoms with E-state index in [2.05, 4.69) is 5.10 Å². The molecule has 1 aliphatic heterocycles. The van der Waals surface area contributed by atoms with Gasteiger partial charge in [0.1, 0.15) is 0 Å². The summed E-state index contributed by atoms with van der Waals surface area (Å²) in [6, 6.07) is 7.70. The summed E-state index contributed by atoms with van der Waals surface area (Å²) in [6.45, 7) is 1.33. The fourth-order valence-electron chi connectivity index (χ4n) is 2.94. The van der Waals surface area contributed by atoms with Crippen LogP contribution in [0.3, 0.4) is 0 Å². The van der Waals surface area contributed by atoms with Gasteiger partial charge in [-0.25, -0.2) is 0 Å². The van der Waals surface area contributed by atoms with Crippen molar-refractivity contribution in [1.29, 1.82) is 0 Å². The molecule has 24 heavy (non-hydrogen) atoms. The van der Waals surface area contributed by atoms with Crippen molar-refractivity contribution in [3.05, 3.63) is 47.8 Å². The van der Waals surface area contributed by atoms with Crippen LogP contribution in [0.25, 0.3) is 0 Å². The van der Waals surface area contributed by atoms with E-state index in [4.69, 9.17) is 0 Å². The topological polar surface area (TPSA) is 58.4 Å². The van der Waals surface area contributed by atoms with Gasteiger partial charge in [0.05, 0.1) is 12.6 Å². The Bertz CT molecular complexity index is 736. The number of hydrogen-bond donors (Lipinski definition) is 0. The lowest BCUT2D eigenvalue weighted by atomic mass is 10.1. The van der Waals surface area contributed by atoms with Crippen molar-refractivity contribution in [3.8, 4) is 0 Å². The molecule has 126 valence electrons. The lowest BCUT2D eigenvalue weighted by molar-refractivity contribution is -0.129. The van der Waals surface area contributed by atoms with Crippen molar-refractivity contribution in [1.82, 2.24) is 14.7 Å². The lowest BCUT2D eigenvalue weighted by Crippen LogP contribution is -2.27. The molecule has 2 amide bonds. The van der Waals surface area contributed by atoms with E-state index < -0.39 is 0 Å². The van der Waals surface area contributed by atoms with E-state index in [1.54, 1.807) is 27.7 Å². The molecule has 0 saturated carbocycles. The largest absolute Gasteiger partial charge is 0.341 e. The van der Waals surface area contributed by atoms with Crippen molar-refractivity contribution < 1.29 is 9.59 Å². The number of rotatable bonds is 5. The number of aryl methyl sites for hydroxylation is 1. The molecule has 1 aromatic heterocycles. The summed E-state index contributed by atoms with van der Waals surface area (Å²) in [6.07, 6.45) is 5.57. The number of hydrogen-bond acceptors (Lipinski definition) is 3. The van der Waals surface area contributed by atoms with Gasteiger partial charge in [-0.1, -0.05) is 12.1 Å². The zero-order valence-corrected chi connectivity index (χ0v) is 14.1. The second kappa shape index (κ2) is 6.86. The Kier molecular flexibility index (Phi) is 4.64. The van der Waals surface area contributed by atoms with Crippen LogP contribution in [0.1, 0.15) is 24.0 Å². The molecule has 6 heteroatoms. The van der Waals surface area contributed by atoms with E-state index in [0.29, 0.717) is 19.4 Å². The molecule has 2 aromatic rings. The fourth-order valence-corrected chi connectivity index (χ4v) is 2.94. The van der Waals surface area contributed by atoms with Gasteiger partial charge in [-0.3, -0.25) is 14.3 Å². The molecule has 0 aliphatic carbocycles. The highest BCUT2D eigenvalue weighted by atomic mass is 16.2. The second-order valence-electron chi connectivity index (χ2n) is 6.26. The Morgan fingerprint density at radius 1 is 1.25 bits per heavy atom. The average molecular weight is 326 g/mol. The van der Waals surface area contributed by atoms with E-state index in [9.17, 15) is 9.59 Å². The van der Waals surface area contributed by atoms with E-state index in [0.717, 1.165) is 29.8 Å². The second-order valence-corrected chi connectivity index (χ2v) is 6.26. The first-order valence-electron chi connectivity index (χ1n) is 8.14. The van der Waals surface area contributed by atoms with Gasteiger partial charge in [0.2, 0.25) is 11.8 Å². The number of amides is 2. The molecule has 0 atom stereocenters. The van der Waals surface area contributed by atoms with Crippen molar-refractivity contribution >= 4 is 17.5 Å². The van der Waals surface area contributed by atoms with Crippen LogP contribution in [-0.2, 0) is 29.6 Å². The first-order valence-corrected chi connectivity index (χ1v) is 8.14. The molecule has 2 heterocycles. The molecular formula is C18H22N4O2. The molecule has 0 N–H and O–H groups in total. The highest BCUT2D eigenvalue weighted by molar-refractivity contribution is 5.95. The molecule has 0 bridgehead atoms. The molecule has 1 aromatic carbocycles. The highest BCUT2D eigenvalue weighted by Gasteiger charge is 2.21. The van der Waals surface area contributed by atoms with Crippen LogP contribution in [0.4, 0.5) is 5.69 Å². The normalized spacial score (nSPS) is 14.2. The van der Waals surface area contributed by atoms with Crippen LogP contribution < -0.4 is 4.90 Å². The number of benzene rings is 1. The Hall–Kier alpha value is -2.63. The van der Waals surface area contributed by atoms with Crippen LogP contribution in [0.5, 0.6) is 0 Å². The first-order chi connectivity index (χ1) is 11.5. The molecule has 1 fully saturated rings. The Morgan fingerprint density at radius 3 is 2.58 bits per heavy atom. The van der Waals surface area contributed by atoms with E-state index in [1.807, 2.05) is 37.5 Å². The predicted octanol–water partition coefficient (Wildman–Crippen LogP) is 1.75. The van der Waals surface area contributed by atoms with Gasteiger partial charge in [0.25, 0.3) is 0 Å². The third-order valence-electron chi connectivity index (χ3n) is 4.28. The predicted molar refractivity (Wildman–Crippen MR) is 91.4 cm³/mol. The summed E-state index contributed by atoms with van der Waals surface area (Å²) in [5.41, 5.74) is 2.88. The summed E-state index contributed by atoms with van der Waals surface area (Å²) in [7, 11) is 3.66. The van der Waals surface area contributed by atoms with Crippen LogP contribution >= 0.6 is 0 Å². The zero-order chi connectivity index (χ0) is 17.1. The Labute approximate surface area is 141 Å². The summed E-state index contributed by atoms with van der Waals surface area (Å²) >= 11 is 0. The fraction of sp³-hybridized carbons (Fsp3) is 0.389. The number of likely N-dealkylation sites (N-methyl/N-ethyl adjacent to an activating group) is 1.